The normalized spacial score (nSPS) is 22.1. The van der Waals surface area contributed by atoms with Crippen LogP contribution in [0.1, 0.15) is 51.0 Å². The third-order valence-electron chi connectivity index (χ3n) is 10.3. The molecular weight excluding hydrogens is 630 g/mol. The predicted molar refractivity (Wildman–Crippen MR) is 182 cm³/mol. The molecule has 2 aromatic heterocycles. The summed E-state index contributed by atoms with van der Waals surface area (Å²) in [5.41, 5.74) is -1.47. The van der Waals surface area contributed by atoms with Crippen molar-refractivity contribution in [3.8, 4) is 35.4 Å². The standard InChI is InChI=1S/C37H38F2N6O4/c1-4-25-28(38)9-8-22-16-24(46)17-26(30(22)25)32-31(39)33-27(19-40-32)34(44-15-12-36(3,48)18-23(20-44)41-29(47)5-2)43-35(42-33)49-21-37-10-6-13-45(37)14-7-11-37/h1,5,8-9,16-17,19,23,46,48H,2,6-7,10-15,18,20-21H2,3H3,(H,41,47)/t23-,36-/m0/s1. The van der Waals surface area contributed by atoms with Crippen LogP contribution < -0.4 is 15.0 Å². The van der Waals surface area contributed by atoms with Gasteiger partial charge in [0.25, 0.3) is 0 Å². The summed E-state index contributed by atoms with van der Waals surface area (Å²) in [6, 6.07) is 4.89. The molecule has 0 aliphatic carbocycles. The van der Waals surface area contributed by atoms with Crippen LogP contribution >= 0.6 is 0 Å². The zero-order valence-electron chi connectivity index (χ0n) is 27.3. The first-order valence-electron chi connectivity index (χ1n) is 16.6. The molecule has 49 heavy (non-hydrogen) atoms. The minimum atomic E-state index is -1.10. The molecule has 0 unspecified atom stereocenters. The Kier molecular flexibility index (Phi) is 8.37. The Morgan fingerprint density at radius 2 is 1.98 bits per heavy atom. The van der Waals surface area contributed by atoms with Crippen LogP contribution in [-0.2, 0) is 4.79 Å². The molecule has 0 saturated carbocycles. The fourth-order valence-electron chi connectivity index (χ4n) is 7.91. The van der Waals surface area contributed by atoms with Crippen molar-refractivity contribution in [3.63, 3.8) is 0 Å². The van der Waals surface area contributed by atoms with Gasteiger partial charge in [-0.15, -0.1) is 6.42 Å². The Morgan fingerprint density at radius 1 is 1.20 bits per heavy atom. The van der Waals surface area contributed by atoms with E-state index in [1.807, 2.05) is 4.90 Å². The molecule has 7 rings (SSSR count). The van der Waals surface area contributed by atoms with E-state index >= 15 is 4.39 Å². The van der Waals surface area contributed by atoms with Gasteiger partial charge in [-0.1, -0.05) is 18.6 Å². The number of carbonyl (C=O) groups excluding carboxylic acids is 1. The highest BCUT2D eigenvalue weighted by molar-refractivity contribution is 6.03. The van der Waals surface area contributed by atoms with Crippen molar-refractivity contribution in [3.05, 3.63) is 60.3 Å². The van der Waals surface area contributed by atoms with Crippen molar-refractivity contribution in [1.29, 1.82) is 0 Å². The molecule has 10 nitrogen and oxygen atoms in total. The van der Waals surface area contributed by atoms with Gasteiger partial charge in [0, 0.05) is 36.3 Å². The van der Waals surface area contributed by atoms with Crippen LogP contribution in [0.2, 0.25) is 0 Å². The number of aromatic nitrogens is 3. The minimum absolute atomic E-state index is 0.0227. The molecule has 3 N–H and O–H groups in total. The second-order valence-corrected chi connectivity index (χ2v) is 13.7. The fraction of sp³-hybridized carbons (Fsp3) is 0.405. The Bertz CT molecular complexity index is 2020. The van der Waals surface area contributed by atoms with Crippen LogP contribution in [-0.4, -0.2) is 85.9 Å². The van der Waals surface area contributed by atoms with E-state index in [0.29, 0.717) is 30.8 Å². The molecule has 3 saturated heterocycles. The van der Waals surface area contributed by atoms with Crippen LogP contribution in [0, 0.1) is 24.0 Å². The number of hydrogen-bond acceptors (Lipinski definition) is 9. The number of phenolic OH excluding ortho intramolecular Hbond substituents is 1. The maximum Gasteiger partial charge on any atom is 0.319 e. The van der Waals surface area contributed by atoms with Gasteiger partial charge in [-0.25, -0.2) is 8.78 Å². The Hall–Kier alpha value is -4.86. The third-order valence-corrected chi connectivity index (χ3v) is 10.3. The number of pyridine rings is 1. The topological polar surface area (TPSA) is 124 Å². The molecule has 3 aliphatic rings. The first-order valence-corrected chi connectivity index (χ1v) is 16.6. The van der Waals surface area contributed by atoms with E-state index < -0.39 is 23.3 Å². The molecule has 1 amide bonds. The molecular formula is C37H38F2N6O4. The monoisotopic (exact) mass is 668 g/mol. The molecule has 254 valence electrons. The number of benzene rings is 2. The number of amides is 1. The number of anilines is 1. The maximum atomic E-state index is 17.0. The van der Waals surface area contributed by atoms with Crippen LogP contribution in [0.25, 0.3) is 32.9 Å². The quantitative estimate of drug-likeness (QED) is 0.188. The first kappa shape index (κ1) is 32.7. The average molecular weight is 669 g/mol. The summed E-state index contributed by atoms with van der Waals surface area (Å²) in [7, 11) is 0. The van der Waals surface area contributed by atoms with Crippen molar-refractivity contribution in [2.45, 2.75) is 62.6 Å². The number of aromatic hydroxyl groups is 1. The largest absolute Gasteiger partial charge is 0.508 e. The smallest absolute Gasteiger partial charge is 0.319 e. The molecule has 2 aromatic carbocycles. The van der Waals surface area contributed by atoms with Crippen LogP contribution in [0.15, 0.2) is 43.1 Å². The van der Waals surface area contributed by atoms with E-state index in [1.54, 1.807) is 6.92 Å². The van der Waals surface area contributed by atoms with E-state index in [1.165, 1.54) is 36.5 Å². The number of aliphatic hydroxyl groups is 1. The highest BCUT2D eigenvalue weighted by Gasteiger charge is 2.45. The predicted octanol–water partition coefficient (Wildman–Crippen LogP) is 4.84. The van der Waals surface area contributed by atoms with Crippen LogP contribution in [0.5, 0.6) is 11.8 Å². The molecule has 0 bridgehead atoms. The van der Waals surface area contributed by atoms with Gasteiger partial charge >= 0.3 is 6.01 Å². The van der Waals surface area contributed by atoms with Gasteiger partial charge in [0.1, 0.15) is 35.2 Å². The second kappa shape index (κ2) is 12.5. The summed E-state index contributed by atoms with van der Waals surface area (Å²) in [6.45, 7) is 8.19. The maximum absolute atomic E-state index is 17.0. The lowest BCUT2D eigenvalue weighted by Gasteiger charge is -2.31. The Balaban J connectivity index is 1.38. The lowest BCUT2D eigenvalue weighted by atomic mass is 9.95. The molecule has 0 radical (unpaired) electrons. The van der Waals surface area contributed by atoms with Gasteiger partial charge in [0.05, 0.1) is 22.1 Å². The Morgan fingerprint density at radius 3 is 2.71 bits per heavy atom. The molecule has 12 heteroatoms. The highest BCUT2D eigenvalue weighted by Crippen LogP contribution is 2.41. The molecule has 0 spiro atoms. The Labute approximate surface area is 282 Å². The molecule has 2 atom stereocenters. The van der Waals surface area contributed by atoms with Crippen molar-refractivity contribution < 1.29 is 28.5 Å². The van der Waals surface area contributed by atoms with Gasteiger partial charge in [-0.05, 0) is 88.2 Å². The average Bonchev–Trinajstić information content (AvgIpc) is 3.61. The second-order valence-electron chi connectivity index (χ2n) is 13.7. The number of terminal acetylenes is 1. The van der Waals surface area contributed by atoms with Crippen LogP contribution in [0.4, 0.5) is 14.6 Å². The van der Waals surface area contributed by atoms with Gasteiger partial charge in [0.2, 0.25) is 5.91 Å². The van der Waals surface area contributed by atoms with Gasteiger partial charge in [-0.2, -0.15) is 9.97 Å². The fourth-order valence-corrected chi connectivity index (χ4v) is 7.91. The van der Waals surface area contributed by atoms with Gasteiger partial charge in [0.15, 0.2) is 5.82 Å². The van der Waals surface area contributed by atoms with E-state index in [0.717, 1.165) is 38.8 Å². The SMILES string of the molecule is C#Cc1c(F)ccc2cc(O)cc(-c3ncc4c(N5CC[C@](C)(O)C[C@H](NC(=O)C=C)C5)nc(OCC56CCCN5CCC6)nc4c3F)c12. The number of nitrogens with one attached hydrogen (secondary N) is 1. The van der Waals surface area contributed by atoms with Crippen molar-refractivity contribution in [2.24, 2.45) is 0 Å². The number of phenols is 1. The molecule has 3 fully saturated rings. The summed E-state index contributed by atoms with van der Waals surface area (Å²) in [5, 5.41) is 25.5. The van der Waals surface area contributed by atoms with Gasteiger partial charge in [-0.3, -0.25) is 14.7 Å². The van der Waals surface area contributed by atoms with Crippen molar-refractivity contribution >= 4 is 33.4 Å². The summed E-state index contributed by atoms with van der Waals surface area (Å²) in [5.74, 6) is 0.648. The highest BCUT2D eigenvalue weighted by atomic mass is 19.1. The summed E-state index contributed by atoms with van der Waals surface area (Å²) < 4.78 is 38.2. The first-order chi connectivity index (χ1) is 23.5. The van der Waals surface area contributed by atoms with E-state index in [-0.39, 0.29) is 69.3 Å². The van der Waals surface area contributed by atoms with E-state index in [9.17, 15) is 19.4 Å². The van der Waals surface area contributed by atoms with E-state index in [2.05, 4.69) is 32.7 Å². The zero-order chi connectivity index (χ0) is 34.5. The van der Waals surface area contributed by atoms with Crippen molar-refractivity contribution in [2.75, 3.05) is 37.7 Å². The number of hydrogen-bond donors (Lipinski definition) is 3. The summed E-state index contributed by atoms with van der Waals surface area (Å²) >= 11 is 0. The number of carbonyl (C=O) groups is 1. The number of ether oxygens (including phenoxy) is 1. The lowest BCUT2D eigenvalue weighted by Crippen LogP contribution is -2.44. The molecule has 4 aromatic rings. The lowest BCUT2D eigenvalue weighted by molar-refractivity contribution is -0.117. The molecule has 3 aliphatic heterocycles. The van der Waals surface area contributed by atoms with Crippen LogP contribution in [0.3, 0.4) is 0 Å². The zero-order valence-corrected chi connectivity index (χ0v) is 27.3. The van der Waals surface area contributed by atoms with Gasteiger partial charge < -0.3 is 25.2 Å². The number of nitrogens with zero attached hydrogens (tertiary/aromatic N) is 5. The van der Waals surface area contributed by atoms with Crippen molar-refractivity contribution in [1.82, 2.24) is 25.2 Å². The minimum Gasteiger partial charge on any atom is -0.508 e. The number of rotatable bonds is 7. The number of halogens is 2. The number of fused-ring (bicyclic) bond motifs is 3. The summed E-state index contributed by atoms with van der Waals surface area (Å²) in [6.07, 6.45) is 13.0. The third kappa shape index (κ3) is 6.02. The summed E-state index contributed by atoms with van der Waals surface area (Å²) in [4.78, 5) is 30.5. The molecule has 5 heterocycles. The van der Waals surface area contributed by atoms with E-state index in [4.69, 9.17) is 16.1 Å².